The molecule has 0 radical (unpaired) electrons. The third kappa shape index (κ3) is 6.08. The molecule has 7 nitrogen and oxygen atoms in total. The average Bonchev–Trinajstić information content (AvgIpc) is 2.82. The zero-order chi connectivity index (χ0) is 24.7. The highest BCUT2D eigenvalue weighted by molar-refractivity contribution is 7.87. The molecule has 0 unspecified atom stereocenters. The number of hydrogen-bond acceptors (Lipinski definition) is 6. The fourth-order valence-corrected chi connectivity index (χ4v) is 4.27. The lowest BCUT2D eigenvalue weighted by Crippen LogP contribution is -2.14. The fraction of sp³-hybridized carbons (Fsp3) is 0.0833. The van der Waals surface area contributed by atoms with Crippen LogP contribution in [0, 0.1) is 11.3 Å². The second-order valence-corrected chi connectivity index (χ2v) is 9.07. The number of amides is 1. The summed E-state index contributed by atoms with van der Waals surface area (Å²) < 4.78 is 35.9. The number of anilines is 1. The third-order valence-corrected chi connectivity index (χ3v) is 6.25. The Kier molecular flexibility index (Phi) is 8.18. The van der Waals surface area contributed by atoms with Crippen LogP contribution in [-0.4, -0.2) is 20.9 Å². The predicted octanol–water partition coefficient (Wildman–Crippen LogP) is 5.71. The largest absolute Gasteiger partial charge is 0.490 e. The molecule has 0 bridgehead atoms. The topological polar surface area (TPSA) is 105 Å². The SMILES string of the molecule is CCOc1cc(/C=C(\C#N)C(=O)Nc2c(Cl)cccc2Cl)ccc1OS(=O)(=O)c1ccccc1. The number of halogens is 2. The molecule has 0 heterocycles. The number of rotatable bonds is 8. The normalized spacial score (nSPS) is 11.4. The van der Waals surface area contributed by atoms with Gasteiger partial charge in [-0.05, 0) is 55.0 Å². The summed E-state index contributed by atoms with van der Waals surface area (Å²) in [4.78, 5) is 12.6. The summed E-state index contributed by atoms with van der Waals surface area (Å²) in [6, 6.07) is 18.6. The Bertz CT molecular complexity index is 1360. The molecule has 34 heavy (non-hydrogen) atoms. The van der Waals surface area contributed by atoms with Crippen LogP contribution in [0.15, 0.2) is 77.2 Å². The number of para-hydroxylation sites is 1. The Labute approximate surface area is 207 Å². The Morgan fingerprint density at radius 1 is 1.03 bits per heavy atom. The molecule has 0 aliphatic rings. The second-order valence-electron chi connectivity index (χ2n) is 6.71. The summed E-state index contributed by atoms with van der Waals surface area (Å²) in [6.07, 6.45) is 1.32. The summed E-state index contributed by atoms with van der Waals surface area (Å²) in [7, 11) is -4.09. The van der Waals surface area contributed by atoms with E-state index in [1.165, 1.54) is 36.4 Å². The number of benzene rings is 3. The molecule has 0 fully saturated rings. The molecule has 0 saturated carbocycles. The van der Waals surface area contributed by atoms with Gasteiger partial charge in [-0.3, -0.25) is 4.79 Å². The van der Waals surface area contributed by atoms with E-state index in [1.807, 2.05) is 6.07 Å². The highest BCUT2D eigenvalue weighted by atomic mass is 35.5. The minimum Gasteiger partial charge on any atom is -0.490 e. The van der Waals surface area contributed by atoms with Gasteiger partial charge in [0.15, 0.2) is 11.5 Å². The van der Waals surface area contributed by atoms with Gasteiger partial charge in [0.05, 0.1) is 22.3 Å². The first-order valence-corrected chi connectivity index (χ1v) is 12.0. The van der Waals surface area contributed by atoms with Crippen LogP contribution >= 0.6 is 23.2 Å². The molecule has 0 aromatic heterocycles. The number of nitrogens with zero attached hydrogens (tertiary/aromatic N) is 1. The van der Waals surface area contributed by atoms with Gasteiger partial charge in [-0.25, -0.2) is 0 Å². The Morgan fingerprint density at radius 3 is 2.32 bits per heavy atom. The number of nitrogens with one attached hydrogen (secondary N) is 1. The zero-order valence-electron chi connectivity index (χ0n) is 17.8. The van der Waals surface area contributed by atoms with E-state index in [9.17, 15) is 18.5 Å². The van der Waals surface area contributed by atoms with E-state index in [2.05, 4.69) is 5.32 Å². The molecule has 1 amide bonds. The molecule has 0 aliphatic carbocycles. The standard InChI is InChI=1S/C24H18Cl2N2O5S/c1-2-32-22-14-16(11-12-21(22)33-34(30,31)18-7-4-3-5-8-18)13-17(15-27)24(29)28-23-19(25)9-6-10-20(23)26/h3-14H,2H2,1H3,(H,28,29)/b17-13+. The van der Waals surface area contributed by atoms with Gasteiger partial charge < -0.3 is 14.2 Å². The lowest BCUT2D eigenvalue weighted by Gasteiger charge is -2.13. The van der Waals surface area contributed by atoms with Gasteiger partial charge in [0.1, 0.15) is 16.5 Å². The van der Waals surface area contributed by atoms with Crippen molar-refractivity contribution in [1.82, 2.24) is 0 Å². The fourth-order valence-electron chi connectivity index (χ4n) is 2.82. The Balaban J connectivity index is 1.90. The van der Waals surface area contributed by atoms with E-state index >= 15 is 0 Å². The number of carbonyl (C=O) groups excluding carboxylic acids is 1. The molecule has 3 aromatic rings. The van der Waals surface area contributed by atoms with Gasteiger partial charge >= 0.3 is 10.1 Å². The molecular formula is C24H18Cl2N2O5S. The molecule has 174 valence electrons. The summed E-state index contributed by atoms with van der Waals surface area (Å²) in [5.41, 5.74) is 0.357. The van der Waals surface area contributed by atoms with Crippen LogP contribution < -0.4 is 14.2 Å². The van der Waals surface area contributed by atoms with Crippen LogP contribution in [0.5, 0.6) is 11.5 Å². The average molecular weight is 517 g/mol. The van der Waals surface area contributed by atoms with Crippen molar-refractivity contribution < 1.29 is 22.1 Å². The predicted molar refractivity (Wildman–Crippen MR) is 131 cm³/mol. The van der Waals surface area contributed by atoms with Gasteiger partial charge in [-0.2, -0.15) is 13.7 Å². The van der Waals surface area contributed by atoms with E-state index in [4.69, 9.17) is 32.1 Å². The van der Waals surface area contributed by atoms with Crippen LogP contribution in [0.3, 0.4) is 0 Å². The van der Waals surface area contributed by atoms with Crippen molar-refractivity contribution in [3.05, 3.63) is 87.9 Å². The summed E-state index contributed by atoms with van der Waals surface area (Å²) in [5, 5.41) is 12.5. The van der Waals surface area contributed by atoms with Crippen LogP contribution in [0.1, 0.15) is 12.5 Å². The smallest absolute Gasteiger partial charge is 0.339 e. The van der Waals surface area contributed by atoms with Crippen molar-refractivity contribution in [2.45, 2.75) is 11.8 Å². The summed E-state index contributed by atoms with van der Waals surface area (Å²) >= 11 is 12.1. The van der Waals surface area contributed by atoms with Crippen LogP contribution in [-0.2, 0) is 14.9 Å². The molecule has 0 spiro atoms. The number of hydrogen-bond donors (Lipinski definition) is 1. The van der Waals surface area contributed by atoms with Crippen molar-refractivity contribution in [3.63, 3.8) is 0 Å². The first kappa shape index (κ1) is 25.1. The monoisotopic (exact) mass is 516 g/mol. The molecule has 0 saturated heterocycles. The molecule has 1 N–H and O–H groups in total. The first-order valence-electron chi connectivity index (χ1n) is 9.88. The number of ether oxygens (including phenoxy) is 1. The van der Waals surface area contributed by atoms with E-state index in [-0.39, 0.29) is 44.3 Å². The first-order chi connectivity index (χ1) is 16.2. The summed E-state index contributed by atoms with van der Waals surface area (Å²) in [6.45, 7) is 1.95. The van der Waals surface area contributed by atoms with E-state index in [0.29, 0.717) is 5.56 Å². The van der Waals surface area contributed by atoms with Crippen molar-refractivity contribution in [2.24, 2.45) is 0 Å². The minimum atomic E-state index is -4.09. The second kappa shape index (κ2) is 11.1. The summed E-state index contributed by atoms with van der Waals surface area (Å²) in [5.74, 6) is -0.626. The maximum atomic E-state index is 12.6. The van der Waals surface area contributed by atoms with Crippen molar-refractivity contribution in [1.29, 1.82) is 5.26 Å². The van der Waals surface area contributed by atoms with E-state index in [0.717, 1.165) is 0 Å². The maximum absolute atomic E-state index is 12.6. The van der Waals surface area contributed by atoms with Gasteiger partial charge in [0.25, 0.3) is 5.91 Å². The molecular weight excluding hydrogens is 499 g/mol. The maximum Gasteiger partial charge on any atom is 0.339 e. The van der Waals surface area contributed by atoms with Gasteiger partial charge in [0, 0.05) is 0 Å². The molecule has 0 aliphatic heterocycles. The molecule has 3 aromatic carbocycles. The molecule has 10 heteroatoms. The van der Waals surface area contributed by atoms with Crippen molar-refractivity contribution >= 4 is 51.0 Å². The van der Waals surface area contributed by atoms with Gasteiger partial charge in [0.2, 0.25) is 0 Å². The van der Waals surface area contributed by atoms with Gasteiger partial charge in [-0.15, -0.1) is 0 Å². The van der Waals surface area contributed by atoms with Crippen LogP contribution in [0.2, 0.25) is 10.0 Å². The minimum absolute atomic E-state index is 0.0110. The lowest BCUT2D eigenvalue weighted by atomic mass is 10.1. The highest BCUT2D eigenvalue weighted by Gasteiger charge is 2.20. The quantitative estimate of drug-likeness (QED) is 0.233. The Hall–Kier alpha value is -3.51. The zero-order valence-corrected chi connectivity index (χ0v) is 20.1. The lowest BCUT2D eigenvalue weighted by molar-refractivity contribution is -0.112. The number of nitriles is 1. The van der Waals surface area contributed by atoms with Crippen molar-refractivity contribution in [3.8, 4) is 17.6 Å². The van der Waals surface area contributed by atoms with E-state index in [1.54, 1.807) is 43.3 Å². The number of carbonyl (C=O) groups is 1. The molecule has 0 atom stereocenters. The van der Waals surface area contributed by atoms with Gasteiger partial charge in [-0.1, -0.05) is 53.5 Å². The highest BCUT2D eigenvalue weighted by Crippen LogP contribution is 2.33. The van der Waals surface area contributed by atoms with E-state index < -0.39 is 16.0 Å². The van der Waals surface area contributed by atoms with Crippen LogP contribution in [0.4, 0.5) is 5.69 Å². The molecule has 3 rings (SSSR count). The Morgan fingerprint density at radius 2 is 1.71 bits per heavy atom. The third-order valence-electron chi connectivity index (χ3n) is 4.38. The van der Waals surface area contributed by atoms with Crippen LogP contribution in [0.25, 0.3) is 6.08 Å². The van der Waals surface area contributed by atoms with Crippen molar-refractivity contribution in [2.75, 3.05) is 11.9 Å².